The van der Waals surface area contributed by atoms with Crippen LogP contribution in [-0.4, -0.2) is 36.7 Å². The van der Waals surface area contributed by atoms with Crippen LogP contribution in [0.2, 0.25) is 0 Å². The van der Waals surface area contributed by atoms with E-state index in [0.717, 1.165) is 42.9 Å². The molecule has 1 aliphatic rings. The Balaban J connectivity index is 1.60. The standard InChI is InChI=1S/C12H19ClN2OS/c1-15(4-5-16-8-10-2-3-10)7-12-14-11(6-13)9-17-12/h9-10H,2-8H2,1H3. The van der Waals surface area contributed by atoms with Gasteiger partial charge in [-0.2, -0.15) is 0 Å². The van der Waals surface area contributed by atoms with Gasteiger partial charge in [0.15, 0.2) is 0 Å². The van der Waals surface area contributed by atoms with Crippen LogP contribution in [0.4, 0.5) is 0 Å². The number of rotatable bonds is 8. The fourth-order valence-electron chi connectivity index (χ4n) is 1.55. The van der Waals surface area contributed by atoms with Gasteiger partial charge in [0.1, 0.15) is 5.01 Å². The fourth-order valence-corrected chi connectivity index (χ4v) is 2.65. The summed E-state index contributed by atoms with van der Waals surface area (Å²) >= 11 is 7.40. The van der Waals surface area contributed by atoms with E-state index in [1.807, 2.05) is 5.38 Å². The Labute approximate surface area is 112 Å². The van der Waals surface area contributed by atoms with Crippen molar-refractivity contribution < 1.29 is 4.74 Å². The molecule has 0 amide bonds. The molecule has 1 aromatic heterocycles. The van der Waals surface area contributed by atoms with Gasteiger partial charge >= 0.3 is 0 Å². The van der Waals surface area contributed by atoms with Gasteiger partial charge in [0.2, 0.25) is 0 Å². The van der Waals surface area contributed by atoms with Crippen molar-refractivity contribution in [2.75, 3.05) is 26.8 Å². The Morgan fingerprint density at radius 3 is 3.06 bits per heavy atom. The van der Waals surface area contributed by atoms with Crippen molar-refractivity contribution in [2.24, 2.45) is 5.92 Å². The monoisotopic (exact) mass is 274 g/mol. The molecule has 1 heterocycles. The second kappa shape index (κ2) is 6.69. The molecule has 0 bridgehead atoms. The van der Waals surface area contributed by atoms with Crippen LogP contribution in [0.5, 0.6) is 0 Å². The number of likely N-dealkylation sites (N-methyl/N-ethyl adjacent to an activating group) is 1. The van der Waals surface area contributed by atoms with Crippen molar-refractivity contribution in [3.8, 4) is 0 Å². The average Bonchev–Trinajstić information content (AvgIpc) is 3.04. The number of alkyl halides is 1. The lowest BCUT2D eigenvalue weighted by Crippen LogP contribution is -2.23. The summed E-state index contributed by atoms with van der Waals surface area (Å²) in [7, 11) is 2.10. The summed E-state index contributed by atoms with van der Waals surface area (Å²) < 4.78 is 5.61. The molecule has 0 spiro atoms. The molecule has 5 heteroatoms. The van der Waals surface area contributed by atoms with Gasteiger partial charge in [-0.25, -0.2) is 4.98 Å². The molecule has 0 saturated heterocycles. The zero-order valence-corrected chi connectivity index (χ0v) is 11.8. The summed E-state index contributed by atoms with van der Waals surface area (Å²) in [6, 6.07) is 0. The van der Waals surface area contributed by atoms with Crippen molar-refractivity contribution in [2.45, 2.75) is 25.3 Å². The maximum absolute atomic E-state index is 5.73. The van der Waals surface area contributed by atoms with E-state index in [0.29, 0.717) is 5.88 Å². The van der Waals surface area contributed by atoms with Crippen LogP contribution in [0, 0.1) is 5.92 Å². The molecule has 0 N–H and O–H groups in total. The average molecular weight is 275 g/mol. The Hall–Kier alpha value is -0.160. The minimum atomic E-state index is 0.505. The van der Waals surface area contributed by atoms with Crippen LogP contribution in [-0.2, 0) is 17.2 Å². The fraction of sp³-hybridized carbons (Fsp3) is 0.750. The van der Waals surface area contributed by atoms with Gasteiger partial charge in [-0.15, -0.1) is 22.9 Å². The molecule has 3 nitrogen and oxygen atoms in total. The molecule has 17 heavy (non-hydrogen) atoms. The van der Waals surface area contributed by atoms with Crippen molar-refractivity contribution >= 4 is 22.9 Å². The predicted molar refractivity (Wildman–Crippen MR) is 71.5 cm³/mol. The van der Waals surface area contributed by atoms with Gasteiger partial charge in [-0.05, 0) is 25.8 Å². The summed E-state index contributed by atoms with van der Waals surface area (Å²) in [5.41, 5.74) is 0.977. The quantitative estimate of drug-likeness (QED) is 0.538. The molecule has 1 saturated carbocycles. The Kier molecular flexibility index (Phi) is 5.22. The van der Waals surface area contributed by atoms with Crippen molar-refractivity contribution in [1.29, 1.82) is 0 Å². The van der Waals surface area contributed by atoms with Crippen LogP contribution < -0.4 is 0 Å². The van der Waals surface area contributed by atoms with Crippen molar-refractivity contribution in [1.82, 2.24) is 9.88 Å². The minimum absolute atomic E-state index is 0.505. The molecular weight excluding hydrogens is 256 g/mol. The number of ether oxygens (including phenoxy) is 1. The molecular formula is C12H19ClN2OS. The molecule has 0 radical (unpaired) electrons. The lowest BCUT2D eigenvalue weighted by atomic mass is 10.4. The number of hydrogen-bond donors (Lipinski definition) is 0. The van der Waals surface area contributed by atoms with E-state index >= 15 is 0 Å². The van der Waals surface area contributed by atoms with Gasteiger partial charge in [-0.1, -0.05) is 0 Å². The second-order valence-electron chi connectivity index (χ2n) is 4.62. The van der Waals surface area contributed by atoms with E-state index in [-0.39, 0.29) is 0 Å². The third kappa shape index (κ3) is 4.92. The molecule has 2 rings (SSSR count). The lowest BCUT2D eigenvalue weighted by Gasteiger charge is -2.14. The first kappa shape index (κ1) is 13.3. The normalized spacial score (nSPS) is 15.7. The van der Waals surface area contributed by atoms with Crippen molar-refractivity contribution in [3.05, 3.63) is 16.1 Å². The number of hydrogen-bond acceptors (Lipinski definition) is 4. The highest BCUT2D eigenvalue weighted by atomic mass is 35.5. The largest absolute Gasteiger partial charge is 0.380 e. The number of halogens is 1. The van der Waals surface area contributed by atoms with Gasteiger partial charge in [-0.3, -0.25) is 4.90 Å². The van der Waals surface area contributed by atoms with Gasteiger partial charge in [0.25, 0.3) is 0 Å². The Bertz CT molecular complexity index is 341. The summed E-state index contributed by atoms with van der Waals surface area (Å²) in [4.78, 5) is 6.68. The molecule has 0 aliphatic heterocycles. The third-order valence-electron chi connectivity index (χ3n) is 2.81. The molecule has 96 valence electrons. The van der Waals surface area contributed by atoms with Crippen LogP contribution in [0.25, 0.3) is 0 Å². The van der Waals surface area contributed by atoms with E-state index in [2.05, 4.69) is 16.9 Å². The first-order chi connectivity index (χ1) is 8.28. The topological polar surface area (TPSA) is 25.4 Å². The molecule has 1 aromatic rings. The zero-order valence-electron chi connectivity index (χ0n) is 10.2. The Morgan fingerprint density at radius 1 is 1.59 bits per heavy atom. The number of aromatic nitrogens is 1. The summed E-state index contributed by atoms with van der Waals surface area (Å²) in [5, 5.41) is 3.16. The zero-order chi connectivity index (χ0) is 12.1. The maximum Gasteiger partial charge on any atom is 0.107 e. The first-order valence-electron chi connectivity index (χ1n) is 6.03. The maximum atomic E-state index is 5.73. The van der Waals surface area contributed by atoms with Gasteiger partial charge in [0, 0.05) is 18.5 Å². The van der Waals surface area contributed by atoms with E-state index in [1.54, 1.807) is 11.3 Å². The summed E-state index contributed by atoms with van der Waals surface area (Å²) in [5.74, 6) is 1.36. The highest BCUT2D eigenvalue weighted by Gasteiger charge is 2.20. The van der Waals surface area contributed by atoms with E-state index in [1.165, 1.54) is 12.8 Å². The van der Waals surface area contributed by atoms with Crippen LogP contribution >= 0.6 is 22.9 Å². The second-order valence-corrected chi connectivity index (χ2v) is 5.83. The van der Waals surface area contributed by atoms with E-state index in [9.17, 15) is 0 Å². The molecule has 0 aromatic carbocycles. The SMILES string of the molecule is CN(CCOCC1CC1)Cc1nc(CCl)cs1. The van der Waals surface area contributed by atoms with Crippen LogP contribution in [0.1, 0.15) is 23.5 Å². The third-order valence-corrected chi connectivity index (χ3v) is 3.97. The number of thiazole rings is 1. The Morgan fingerprint density at radius 2 is 2.41 bits per heavy atom. The lowest BCUT2D eigenvalue weighted by molar-refractivity contribution is 0.102. The summed E-state index contributed by atoms with van der Waals surface area (Å²) in [6.45, 7) is 3.61. The first-order valence-corrected chi connectivity index (χ1v) is 7.45. The number of nitrogens with zero attached hydrogens (tertiary/aromatic N) is 2. The highest BCUT2D eigenvalue weighted by Crippen LogP contribution is 2.28. The molecule has 1 fully saturated rings. The van der Waals surface area contributed by atoms with Crippen molar-refractivity contribution in [3.63, 3.8) is 0 Å². The smallest absolute Gasteiger partial charge is 0.107 e. The van der Waals surface area contributed by atoms with E-state index < -0.39 is 0 Å². The minimum Gasteiger partial charge on any atom is -0.380 e. The van der Waals surface area contributed by atoms with Crippen LogP contribution in [0.3, 0.4) is 0 Å². The molecule has 0 unspecified atom stereocenters. The van der Waals surface area contributed by atoms with Gasteiger partial charge < -0.3 is 4.74 Å². The predicted octanol–water partition coefficient (Wildman–Crippen LogP) is 2.74. The van der Waals surface area contributed by atoms with Crippen LogP contribution in [0.15, 0.2) is 5.38 Å². The summed E-state index contributed by atoms with van der Waals surface area (Å²) in [6.07, 6.45) is 2.71. The molecule has 0 atom stereocenters. The van der Waals surface area contributed by atoms with Gasteiger partial charge in [0.05, 0.1) is 24.7 Å². The molecule has 1 aliphatic carbocycles. The van der Waals surface area contributed by atoms with E-state index in [4.69, 9.17) is 16.3 Å². The highest BCUT2D eigenvalue weighted by molar-refractivity contribution is 7.09.